The standard InChI is InChI=1S/C12H20N2O2/c1-9(2)14(4-5-15)11-6-10(13)7-12(8-11)16-3/h6-9,15H,4-5,13H2,1-3H3. The van der Waals surface area contributed by atoms with Crippen molar-refractivity contribution in [1.29, 1.82) is 0 Å². The van der Waals surface area contributed by atoms with Crippen molar-refractivity contribution in [2.75, 3.05) is 30.9 Å². The monoisotopic (exact) mass is 224 g/mol. The van der Waals surface area contributed by atoms with Gasteiger partial charge in [-0.25, -0.2) is 0 Å². The summed E-state index contributed by atoms with van der Waals surface area (Å²) in [5, 5.41) is 9.04. The first kappa shape index (κ1) is 12.6. The van der Waals surface area contributed by atoms with E-state index in [0.717, 1.165) is 11.4 Å². The molecule has 0 unspecified atom stereocenters. The molecule has 0 saturated carbocycles. The van der Waals surface area contributed by atoms with Crippen LogP contribution in [-0.2, 0) is 0 Å². The Kier molecular flexibility index (Phi) is 4.43. The molecule has 0 aliphatic carbocycles. The molecule has 0 spiro atoms. The fourth-order valence-electron chi connectivity index (χ4n) is 1.68. The van der Waals surface area contributed by atoms with E-state index in [2.05, 4.69) is 18.7 Å². The third-order valence-corrected chi connectivity index (χ3v) is 2.45. The van der Waals surface area contributed by atoms with Gasteiger partial charge in [0, 0.05) is 36.1 Å². The first-order valence-corrected chi connectivity index (χ1v) is 5.40. The Morgan fingerprint density at radius 3 is 2.56 bits per heavy atom. The molecule has 0 radical (unpaired) electrons. The summed E-state index contributed by atoms with van der Waals surface area (Å²) in [7, 11) is 1.62. The number of aliphatic hydroxyl groups is 1. The van der Waals surface area contributed by atoms with Gasteiger partial charge >= 0.3 is 0 Å². The molecule has 1 aromatic carbocycles. The minimum atomic E-state index is 0.120. The van der Waals surface area contributed by atoms with Crippen LogP contribution < -0.4 is 15.4 Å². The SMILES string of the molecule is COc1cc(N)cc(N(CCO)C(C)C)c1. The topological polar surface area (TPSA) is 58.7 Å². The molecule has 0 bridgehead atoms. The fraction of sp³-hybridized carbons (Fsp3) is 0.500. The van der Waals surface area contributed by atoms with Crippen LogP contribution in [0.25, 0.3) is 0 Å². The highest BCUT2D eigenvalue weighted by Gasteiger charge is 2.11. The molecule has 4 heteroatoms. The maximum Gasteiger partial charge on any atom is 0.122 e. The molecule has 0 aliphatic heterocycles. The van der Waals surface area contributed by atoms with Gasteiger partial charge in [-0.15, -0.1) is 0 Å². The third kappa shape index (κ3) is 3.03. The van der Waals surface area contributed by atoms with Crippen molar-refractivity contribution in [2.24, 2.45) is 0 Å². The number of ether oxygens (including phenoxy) is 1. The number of methoxy groups -OCH3 is 1. The first-order chi connectivity index (χ1) is 7.58. The zero-order valence-corrected chi connectivity index (χ0v) is 10.1. The Labute approximate surface area is 96.6 Å². The number of benzene rings is 1. The molecular formula is C12H20N2O2. The summed E-state index contributed by atoms with van der Waals surface area (Å²) in [6.07, 6.45) is 0. The predicted octanol–water partition coefficient (Wildman–Crippen LogP) is 1.48. The van der Waals surface area contributed by atoms with Gasteiger partial charge in [0.2, 0.25) is 0 Å². The van der Waals surface area contributed by atoms with Gasteiger partial charge in [0.1, 0.15) is 5.75 Å². The van der Waals surface area contributed by atoms with E-state index in [1.165, 1.54) is 0 Å². The molecule has 0 fully saturated rings. The summed E-state index contributed by atoms with van der Waals surface area (Å²) in [5.41, 5.74) is 7.44. The van der Waals surface area contributed by atoms with E-state index in [1.807, 2.05) is 12.1 Å². The molecule has 3 N–H and O–H groups in total. The maximum absolute atomic E-state index is 9.04. The molecule has 1 aromatic rings. The highest BCUT2D eigenvalue weighted by atomic mass is 16.5. The van der Waals surface area contributed by atoms with Crippen molar-refractivity contribution in [3.8, 4) is 5.75 Å². The average Bonchev–Trinajstić information content (AvgIpc) is 2.24. The van der Waals surface area contributed by atoms with Crippen LogP contribution in [0.1, 0.15) is 13.8 Å². The average molecular weight is 224 g/mol. The molecule has 4 nitrogen and oxygen atoms in total. The van der Waals surface area contributed by atoms with E-state index in [9.17, 15) is 0 Å². The Balaban J connectivity index is 3.03. The van der Waals surface area contributed by atoms with Crippen LogP contribution >= 0.6 is 0 Å². The quantitative estimate of drug-likeness (QED) is 0.744. The third-order valence-electron chi connectivity index (χ3n) is 2.45. The predicted molar refractivity (Wildman–Crippen MR) is 67.0 cm³/mol. The number of nitrogen functional groups attached to an aromatic ring is 1. The number of anilines is 2. The van der Waals surface area contributed by atoms with E-state index in [0.29, 0.717) is 18.3 Å². The zero-order chi connectivity index (χ0) is 12.1. The summed E-state index contributed by atoms with van der Waals surface area (Å²) in [6, 6.07) is 5.89. The van der Waals surface area contributed by atoms with Gasteiger partial charge in [0.15, 0.2) is 0 Å². The lowest BCUT2D eigenvalue weighted by Gasteiger charge is -2.28. The lowest BCUT2D eigenvalue weighted by atomic mass is 10.2. The van der Waals surface area contributed by atoms with E-state index in [1.54, 1.807) is 13.2 Å². The van der Waals surface area contributed by atoms with Crippen molar-refractivity contribution in [3.05, 3.63) is 18.2 Å². The van der Waals surface area contributed by atoms with Crippen LogP contribution in [0, 0.1) is 0 Å². The van der Waals surface area contributed by atoms with Gasteiger partial charge in [-0.1, -0.05) is 0 Å². The van der Waals surface area contributed by atoms with Crippen LogP contribution in [-0.4, -0.2) is 31.4 Å². The lowest BCUT2D eigenvalue weighted by molar-refractivity contribution is 0.299. The van der Waals surface area contributed by atoms with Crippen molar-refractivity contribution in [3.63, 3.8) is 0 Å². The summed E-state index contributed by atoms with van der Waals surface area (Å²) in [4.78, 5) is 2.08. The largest absolute Gasteiger partial charge is 0.497 e. The van der Waals surface area contributed by atoms with Crippen LogP contribution in [0.15, 0.2) is 18.2 Å². The molecule has 0 heterocycles. The molecule has 0 amide bonds. The molecular weight excluding hydrogens is 204 g/mol. The van der Waals surface area contributed by atoms with Gasteiger partial charge in [-0.2, -0.15) is 0 Å². The van der Waals surface area contributed by atoms with E-state index < -0.39 is 0 Å². The number of aliphatic hydroxyl groups excluding tert-OH is 1. The fourth-order valence-corrected chi connectivity index (χ4v) is 1.68. The van der Waals surface area contributed by atoms with Crippen molar-refractivity contribution in [1.82, 2.24) is 0 Å². The minimum Gasteiger partial charge on any atom is -0.497 e. The second-order valence-electron chi connectivity index (χ2n) is 3.98. The van der Waals surface area contributed by atoms with Crippen molar-refractivity contribution in [2.45, 2.75) is 19.9 Å². The van der Waals surface area contributed by atoms with Crippen molar-refractivity contribution < 1.29 is 9.84 Å². The number of hydrogen-bond acceptors (Lipinski definition) is 4. The van der Waals surface area contributed by atoms with Gasteiger partial charge in [0.05, 0.1) is 13.7 Å². The summed E-state index contributed by atoms with van der Waals surface area (Å²) >= 11 is 0. The highest BCUT2D eigenvalue weighted by Crippen LogP contribution is 2.26. The van der Waals surface area contributed by atoms with Gasteiger partial charge in [-0.05, 0) is 19.9 Å². The number of rotatable bonds is 5. The highest BCUT2D eigenvalue weighted by molar-refractivity contribution is 5.61. The molecule has 0 saturated heterocycles. The Morgan fingerprint density at radius 2 is 2.06 bits per heavy atom. The number of nitrogens with two attached hydrogens (primary N) is 1. The minimum absolute atomic E-state index is 0.120. The van der Waals surface area contributed by atoms with Crippen LogP contribution in [0.5, 0.6) is 5.75 Å². The molecule has 16 heavy (non-hydrogen) atoms. The van der Waals surface area contributed by atoms with Crippen molar-refractivity contribution >= 4 is 11.4 Å². The van der Waals surface area contributed by atoms with Crippen LogP contribution in [0.2, 0.25) is 0 Å². The molecule has 0 aromatic heterocycles. The summed E-state index contributed by atoms with van der Waals surface area (Å²) < 4.78 is 5.17. The Hall–Kier alpha value is -1.42. The smallest absolute Gasteiger partial charge is 0.122 e. The summed E-state index contributed by atoms with van der Waals surface area (Å²) in [5.74, 6) is 0.735. The summed E-state index contributed by atoms with van der Waals surface area (Å²) in [6.45, 7) is 4.86. The van der Waals surface area contributed by atoms with E-state index >= 15 is 0 Å². The molecule has 1 rings (SSSR count). The lowest BCUT2D eigenvalue weighted by Crippen LogP contribution is -2.33. The van der Waals surface area contributed by atoms with E-state index in [-0.39, 0.29) is 6.61 Å². The first-order valence-electron chi connectivity index (χ1n) is 5.40. The number of hydrogen-bond donors (Lipinski definition) is 2. The second kappa shape index (κ2) is 5.61. The Bertz CT molecular complexity index is 340. The van der Waals surface area contributed by atoms with Gasteiger partial charge < -0.3 is 20.5 Å². The second-order valence-corrected chi connectivity index (χ2v) is 3.98. The normalized spacial score (nSPS) is 10.6. The molecule has 0 aliphatic rings. The molecule has 90 valence electrons. The van der Waals surface area contributed by atoms with Crippen LogP contribution in [0.3, 0.4) is 0 Å². The number of nitrogens with zero attached hydrogens (tertiary/aromatic N) is 1. The van der Waals surface area contributed by atoms with Gasteiger partial charge in [0.25, 0.3) is 0 Å². The van der Waals surface area contributed by atoms with E-state index in [4.69, 9.17) is 15.6 Å². The Morgan fingerprint density at radius 1 is 1.38 bits per heavy atom. The van der Waals surface area contributed by atoms with Gasteiger partial charge in [-0.3, -0.25) is 0 Å². The molecule has 0 atom stereocenters. The zero-order valence-electron chi connectivity index (χ0n) is 10.1. The van der Waals surface area contributed by atoms with Crippen LogP contribution in [0.4, 0.5) is 11.4 Å². The maximum atomic E-state index is 9.04.